The fourth-order valence-corrected chi connectivity index (χ4v) is 4.93. The first-order valence-corrected chi connectivity index (χ1v) is 11.9. The predicted molar refractivity (Wildman–Crippen MR) is 135 cm³/mol. The minimum absolute atomic E-state index is 0.174. The molecule has 0 aliphatic heterocycles. The Kier molecular flexibility index (Phi) is 6.54. The molecule has 2 amide bonds. The van der Waals surface area contributed by atoms with Gasteiger partial charge in [0.25, 0.3) is 5.91 Å². The van der Waals surface area contributed by atoms with Crippen LogP contribution in [0.3, 0.4) is 0 Å². The number of aromatic nitrogens is 2. The Morgan fingerprint density at radius 3 is 2.42 bits per heavy atom. The number of anilines is 1. The molecule has 2 aromatic heterocycles. The molecule has 8 heteroatoms. The van der Waals surface area contributed by atoms with Gasteiger partial charge in [0.1, 0.15) is 10.9 Å². The van der Waals surface area contributed by atoms with Crippen molar-refractivity contribution >= 4 is 50.7 Å². The summed E-state index contributed by atoms with van der Waals surface area (Å²) in [7, 11) is 0. The first kappa shape index (κ1) is 23.0. The van der Waals surface area contributed by atoms with Gasteiger partial charge in [0.05, 0.1) is 16.3 Å². The Morgan fingerprint density at radius 2 is 1.79 bits per heavy atom. The quantitative estimate of drug-likeness (QED) is 0.376. The van der Waals surface area contributed by atoms with Crippen molar-refractivity contribution in [3.05, 3.63) is 75.8 Å². The van der Waals surface area contributed by atoms with Gasteiger partial charge >= 0.3 is 0 Å². The van der Waals surface area contributed by atoms with Gasteiger partial charge in [-0.2, -0.15) is 5.10 Å². The van der Waals surface area contributed by atoms with Crippen molar-refractivity contribution in [3.63, 3.8) is 0 Å². The van der Waals surface area contributed by atoms with E-state index in [1.165, 1.54) is 11.3 Å². The average molecular weight is 481 g/mol. The fourth-order valence-electron chi connectivity index (χ4n) is 3.67. The van der Waals surface area contributed by atoms with Crippen LogP contribution in [0.25, 0.3) is 15.9 Å². The van der Waals surface area contributed by atoms with E-state index in [-0.39, 0.29) is 11.8 Å². The summed E-state index contributed by atoms with van der Waals surface area (Å²) in [5.41, 5.74) is 3.53. The van der Waals surface area contributed by atoms with Crippen LogP contribution in [0.2, 0.25) is 5.02 Å². The molecule has 4 rings (SSSR count). The minimum atomic E-state index is -0.622. The molecule has 0 radical (unpaired) electrons. The number of aryl methyl sites for hydroxylation is 2. The number of hydrogen-bond donors (Lipinski definition) is 1. The molecule has 0 aliphatic rings. The van der Waals surface area contributed by atoms with Crippen molar-refractivity contribution in [1.29, 1.82) is 0 Å². The lowest BCUT2D eigenvalue weighted by Gasteiger charge is -2.26. The van der Waals surface area contributed by atoms with Crippen LogP contribution in [0.4, 0.5) is 5.69 Å². The third-order valence-corrected chi connectivity index (χ3v) is 6.94. The summed E-state index contributed by atoms with van der Waals surface area (Å²) in [6.45, 7) is 7.95. The molecule has 0 saturated heterocycles. The van der Waals surface area contributed by atoms with Crippen LogP contribution in [0.15, 0.2) is 54.6 Å². The highest BCUT2D eigenvalue weighted by Gasteiger charge is 2.28. The fraction of sp³-hybridized carbons (Fsp3) is 0.240. The van der Waals surface area contributed by atoms with Crippen molar-refractivity contribution in [2.75, 3.05) is 11.9 Å². The average Bonchev–Trinajstić information content (AvgIpc) is 3.37. The third-order valence-electron chi connectivity index (χ3n) is 5.59. The first-order valence-electron chi connectivity index (χ1n) is 10.7. The maximum Gasteiger partial charge on any atom is 0.264 e. The Balaban J connectivity index is 1.59. The number of fused-ring (bicyclic) bond motifs is 1. The number of carbonyl (C=O) groups is 2. The molecule has 33 heavy (non-hydrogen) atoms. The van der Waals surface area contributed by atoms with Crippen molar-refractivity contribution in [3.8, 4) is 5.69 Å². The largest absolute Gasteiger partial charge is 0.326 e. The van der Waals surface area contributed by atoms with Crippen LogP contribution in [0, 0.1) is 13.8 Å². The lowest BCUT2D eigenvalue weighted by Crippen LogP contribution is -2.45. The Hall–Kier alpha value is -3.16. The number of halogens is 1. The van der Waals surface area contributed by atoms with E-state index in [0.29, 0.717) is 22.1 Å². The maximum absolute atomic E-state index is 13.4. The summed E-state index contributed by atoms with van der Waals surface area (Å²) in [4.78, 5) is 29.3. The maximum atomic E-state index is 13.4. The zero-order valence-electron chi connectivity index (χ0n) is 18.9. The number of carbonyl (C=O) groups excluding carboxylic acids is 2. The second-order valence-electron chi connectivity index (χ2n) is 7.93. The van der Waals surface area contributed by atoms with E-state index < -0.39 is 6.04 Å². The van der Waals surface area contributed by atoms with Crippen molar-refractivity contribution in [2.45, 2.75) is 33.7 Å². The van der Waals surface area contributed by atoms with E-state index in [1.54, 1.807) is 11.8 Å². The molecular weight excluding hydrogens is 456 g/mol. The topological polar surface area (TPSA) is 67.2 Å². The number of benzene rings is 2. The van der Waals surface area contributed by atoms with Crippen LogP contribution in [-0.4, -0.2) is 39.1 Å². The van der Waals surface area contributed by atoms with E-state index in [0.717, 1.165) is 27.2 Å². The summed E-state index contributed by atoms with van der Waals surface area (Å²) >= 11 is 7.40. The Morgan fingerprint density at radius 1 is 1.12 bits per heavy atom. The smallest absolute Gasteiger partial charge is 0.264 e. The van der Waals surface area contributed by atoms with E-state index in [1.807, 2.05) is 80.1 Å². The normalized spacial score (nSPS) is 12.0. The monoisotopic (exact) mass is 480 g/mol. The van der Waals surface area contributed by atoms with Crippen LogP contribution >= 0.6 is 22.9 Å². The number of nitrogens with zero attached hydrogens (tertiary/aromatic N) is 3. The van der Waals surface area contributed by atoms with Gasteiger partial charge in [-0.3, -0.25) is 9.59 Å². The van der Waals surface area contributed by atoms with Gasteiger partial charge in [-0.1, -0.05) is 29.3 Å². The molecule has 0 saturated carbocycles. The van der Waals surface area contributed by atoms with E-state index in [2.05, 4.69) is 10.4 Å². The van der Waals surface area contributed by atoms with Gasteiger partial charge in [-0.15, -0.1) is 11.3 Å². The molecule has 0 fully saturated rings. The highest BCUT2D eigenvalue weighted by atomic mass is 35.5. The SMILES string of the molecule is CCN(C(=O)c1cc2c(C)nn(-c3ccc(Cl)cc3)c2s1)[C@H](C)C(=O)Nc1ccc(C)cc1. The van der Waals surface area contributed by atoms with E-state index in [9.17, 15) is 9.59 Å². The number of thiophene rings is 1. The highest BCUT2D eigenvalue weighted by molar-refractivity contribution is 7.20. The summed E-state index contributed by atoms with van der Waals surface area (Å²) in [5.74, 6) is -0.397. The van der Waals surface area contributed by atoms with Gasteiger partial charge in [0.2, 0.25) is 5.91 Å². The third kappa shape index (κ3) is 4.65. The molecule has 2 aromatic carbocycles. The van der Waals surface area contributed by atoms with E-state index in [4.69, 9.17) is 11.6 Å². The summed E-state index contributed by atoms with van der Waals surface area (Å²) in [5, 5.41) is 9.10. The van der Waals surface area contributed by atoms with Gasteiger partial charge < -0.3 is 10.2 Å². The van der Waals surface area contributed by atoms with Gasteiger partial charge in [-0.05, 0) is 70.2 Å². The second kappa shape index (κ2) is 9.37. The second-order valence-corrected chi connectivity index (χ2v) is 9.39. The number of hydrogen-bond acceptors (Lipinski definition) is 4. The molecular formula is C25H25ClN4O2S. The molecule has 0 bridgehead atoms. The van der Waals surface area contributed by atoms with Gasteiger partial charge in [0.15, 0.2) is 0 Å². The van der Waals surface area contributed by atoms with Crippen LogP contribution < -0.4 is 5.32 Å². The molecule has 0 spiro atoms. The standard InChI is InChI=1S/C25H25ClN4O2S/c1-5-29(17(4)23(31)27-19-10-6-15(2)7-11-19)24(32)22-14-21-16(3)28-30(25(21)33-22)20-12-8-18(26)9-13-20/h6-14,17H,5H2,1-4H3,(H,27,31)/t17-/m1/s1. The molecule has 1 N–H and O–H groups in total. The lowest BCUT2D eigenvalue weighted by molar-refractivity contribution is -0.120. The minimum Gasteiger partial charge on any atom is -0.326 e. The zero-order valence-corrected chi connectivity index (χ0v) is 20.5. The highest BCUT2D eigenvalue weighted by Crippen LogP contribution is 2.31. The van der Waals surface area contributed by atoms with Gasteiger partial charge in [-0.25, -0.2) is 4.68 Å². The lowest BCUT2D eigenvalue weighted by atomic mass is 10.2. The zero-order chi connectivity index (χ0) is 23.7. The molecule has 0 unspecified atom stereocenters. The van der Waals surface area contributed by atoms with Crippen LogP contribution in [0.5, 0.6) is 0 Å². The number of likely N-dealkylation sites (N-methyl/N-ethyl adjacent to an activating group) is 1. The number of nitrogens with one attached hydrogen (secondary N) is 1. The summed E-state index contributed by atoms with van der Waals surface area (Å²) in [6.07, 6.45) is 0. The first-order chi connectivity index (χ1) is 15.8. The van der Waals surface area contributed by atoms with Crippen molar-refractivity contribution in [1.82, 2.24) is 14.7 Å². The molecule has 4 aromatic rings. The number of amides is 2. The van der Waals surface area contributed by atoms with Crippen molar-refractivity contribution in [2.24, 2.45) is 0 Å². The Bertz CT molecular complexity index is 1310. The van der Waals surface area contributed by atoms with Crippen LogP contribution in [-0.2, 0) is 4.79 Å². The molecule has 1 atom stereocenters. The molecule has 170 valence electrons. The van der Waals surface area contributed by atoms with Crippen molar-refractivity contribution < 1.29 is 9.59 Å². The summed E-state index contributed by atoms with van der Waals surface area (Å²) < 4.78 is 1.83. The molecule has 6 nitrogen and oxygen atoms in total. The van der Waals surface area contributed by atoms with E-state index >= 15 is 0 Å². The summed E-state index contributed by atoms with van der Waals surface area (Å²) in [6, 6.07) is 16.2. The molecule has 0 aliphatic carbocycles. The Labute approximate surface area is 201 Å². The number of rotatable bonds is 6. The molecule has 2 heterocycles. The predicted octanol–water partition coefficient (Wildman–Crippen LogP) is 5.85. The van der Waals surface area contributed by atoms with Gasteiger partial charge in [0, 0.05) is 22.6 Å². The van der Waals surface area contributed by atoms with Crippen LogP contribution in [0.1, 0.15) is 34.8 Å².